The summed E-state index contributed by atoms with van der Waals surface area (Å²) in [5.41, 5.74) is 1.49. The number of ketones is 1. The van der Waals surface area contributed by atoms with Gasteiger partial charge in [-0.2, -0.15) is 0 Å². The summed E-state index contributed by atoms with van der Waals surface area (Å²) in [5.74, 6) is 1.17. The molecule has 1 heterocycles. The number of rotatable bonds is 4. The molecule has 0 amide bonds. The molecule has 0 radical (unpaired) electrons. The maximum absolute atomic E-state index is 12.7. The van der Waals surface area contributed by atoms with Crippen molar-refractivity contribution in [2.24, 2.45) is 0 Å². The number of carbonyl (C=O) groups excluding carboxylic acids is 1. The molecule has 0 saturated heterocycles. The molecule has 25 heavy (non-hydrogen) atoms. The Hall–Kier alpha value is -3.01. The number of allylic oxidation sites excluding steroid dienone is 1. The van der Waals surface area contributed by atoms with Crippen LogP contribution in [0.15, 0.2) is 48.6 Å². The summed E-state index contributed by atoms with van der Waals surface area (Å²) in [7, 11) is 1.59. The number of carbonyl (C=O) groups is 1. The lowest BCUT2D eigenvalue weighted by Gasteiger charge is -2.29. The van der Waals surface area contributed by atoms with Crippen LogP contribution in [-0.4, -0.2) is 23.6 Å². The summed E-state index contributed by atoms with van der Waals surface area (Å²) in [4.78, 5) is 12.7. The first-order chi connectivity index (χ1) is 11.9. The molecule has 4 nitrogen and oxygen atoms in total. The van der Waals surface area contributed by atoms with Gasteiger partial charge in [0.05, 0.1) is 18.2 Å². The van der Waals surface area contributed by atoms with E-state index in [1.54, 1.807) is 43.5 Å². The van der Waals surface area contributed by atoms with Crippen molar-refractivity contribution >= 4 is 17.9 Å². The van der Waals surface area contributed by atoms with Crippen molar-refractivity contribution in [3.8, 4) is 17.2 Å². The number of benzene rings is 2. The van der Waals surface area contributed by atoms with E-state index in [-0.39, 0.29) is 11.5 Å². The molecular formula is C21H20O4. The molecule has 2 aromatic carbocycles. The Morgan fingerprint density at radius 3 is 2.76 bits per heavy atom. The molecular weight excluding hydrogens is 316 g/mol. The van der Waals surface area contributed by atoms with E-state index in [2.05, 4.69) is 0 Å². The normalized spacial score (nSPS) is 14.8. The van der Waals surface area contributed by atoms with Crippen LogP contribution in [0.1, 0.15) is 35.3 Å². The van der Waals surface area contributed by atoms with Gasteiger partial charge in [0.25, 0.3) is 0 Å². The Bertz CT molecular complexity index is 875. The Labute approximate surface area is 147 Å². The van der Waals surface area contributed by atoms with E-state index in [1.165, 1.54) is 6.08 Å². The molecule has 4 heteroatoms. The van der Waals surface area contributed by atoms with Gasteiger partial charge in [-0.1, -0.05) is 18.2 Å². The first-order valence-electron chi connectivity index (χ1n) is 8.00. The highest BCUT2D eigenvalue weighted by atomic mass is 16.5. The first kappa shape index (κ1) is 16.8. The van der Waals surface area contributed by atoms with E-state index in [0.29, 0.717) is 17.1 Å². The van der Waals surface area contributed by atoms with Crippen molar-refractivity contribution in [1.82, 2.24) is 0 Å². The first-order valence-corrected chi connectivity index (χ1v) is 8.00. The lowest BCUT2D eigenvalue weighted by molar-refractivity contribution is 0.103. The van der Waals surface area contributed by atoms with E-state index in [9.17, 15) is 9.90 Å². The lowest BCUT2D eigenvalue weighted by Crippen LogP contribution is -2.28. The number of ether oxygens (including phenoxy) is 2. The number of hydrogen-bond donors (Lipinski definition) is 1. The van der Waals surface area contributed by atoms with Gasteiger partial charge in [0.15, 0.2) is 5.78 Å². The fourth-order valence-electron chi connectivity index (χ4n) is 2.69. The Morgan fingerprint density at radius 1 is 1.24 bits per heavy atom. The summed E-state index contributed by atoms with van der Waals surface area (Å²) >= 11 is 0. The third-order valence-electron chi connectivity index (χ3n) is 3.96. The zero-order valence-electron chi connectivity index (χ0n) is 14.4. The summed E-state index contributed by atoms with van der Waals surface area (Å²) < 4.78 is 11.4. The van der Waals surface area contributed by atoms with Gasteiger partial charge in [-0.3, -0.25) is 4.79 Å². The van der Waals surface area contributed by atoms with Gasteiger partial charge in [-0.15, -0.1) is 0 Å². The number of phenols is 1. The van der Waals surface area contributed by atoms with Gasteiger partial charge in [0.1, 0.15) is 22.8 Å². The maximum atomic E-state index is 12.7. The van der Waals surface area contributed by atoms with Crippen LogP contribution in [0.25, 0.3) is 12.2 Å². The van der Waals surface area contributed by atoms with Gasteiger partial charge in [-0.25, -0.2) is 0 Å². The minimum atomic E-state index is -0.497. The van der Waals surface area contributed by atoms with Crippen molar-refractivity contribution in [2.45, 2.75) is 19.4 Å². The Balaban J connectivity index is 1.97. The largest absolute Gasteiger partial charge is 0.508 e. The molecule has 1 N–H and O–H groups in total. The summed E-state index contributed by atoms with van der Waals surface area (Å²) in [6, 6.07) is 10.2. The topological polar surface area (TPSA) is 55.8 Å². The van der Waals surface area contributed by atoms with Gasteiger partial charge in [0.2, 0.25) is 0 Å². The van der Waals surface area contributed by atoms with Crippen molar-refractivity contribution in [3.63, 3.8) is 0 Å². The summed E-state index contributed by atoms with van der Waals surface area (Å²) in [6.07, 6.45) is 7.01. The van der Waals surface area contributed by atoms with E-state index in [4.69, 9.17) is 9.47 Å². The maximum Gasteiger partial charge on any atom is 0.189 e. The SMILES string of the molecule is COc1ccc(C(=O)/C=C/c2cccc(O)c2)c2c1C=CC(C)(C)O2. The third kappa shape index (κ3) is 3.58. The van der Waals surface area contributed by atoms with Crippen LogP contribution in [0.2, 0.25) is 0 Å². The van der Waals surface area contributed by atoms with Crippen LogP contribution >= 0.6 is 0 Å². The predicted molar refractivity (Wildman–Crippen MR) is 98.2 cm³/mol. The lowest BCUT2D eigenvalue weighted by atomic mass is 9.97. The van der Waals surface area contributed by atoms with Gasteiger partial charge in [0, 0.05) is 0 Å². The number of methoxy groups -OCH3 is 1. The molecule has 0 bridgehead atoms. The smallest absolute Gasteiger partial charge is 0.189 e. The van der Waals surface area contributed by atoms with E-state index < -0.39 is 5.60 Å². The standard InChI is InChI=1S/C21H20O4/c1-21(2)12-11-17-19(24-3)10-8-16(20(17)25-21)18(23)9-7-14-5-4-6-15(22)13-14/h4-13,22H,1-3H3/b9-7+. The number of aromatic hydroxyl groups is 1. The van der Waals surface area contributed by atoms with Crippen molar-refractivity contribution in [2.75, 3.05) is 7.11 Å². The number of hydrogen-bond acceptors (Lipinski definition) is 4. The van der Waals surface area contributed by atoms with Crippen LogP contribution in [0, 0.1) is 0 Å². The van der Waals surface area contributed by atoms with Crippen LogP contribution in [0.3, 0.4) is 0 Å². The highest BCUT2D eigenvalue weighted by molar-refractivity contribution is 6.09. The van der Waals surface area contributed by atoms with Gasteiger partial charge in [-0.05, 0) is 61.9 Å². The molecule has 0 unspecified atom stereocenters. The molecule has 3 rings (SSSR count). The second kappa shape index (κ2) is 6.48. The second-order valence-electron chi connectivity index (χ2n) is 6.39. The van der Waals surface area contributed by atoms with Gasteiger partial charge >= 0.3 is 0 Å². The van der Waals surface area contributed by atoms with Crippen molar-refractivity contribution in [3.05, 3.63) is 65.2 Å². The minimum absolute atomic E-state index is 0.159. The van der Waals surface area contributed by atoms with E-state index in [0.717, 1.165) is 11.1 Å². The second-order valence-corrected chi connectivity index (χ2v) is 6.39. The molecule has 2 aromatic rings. The zero-order valence-corrected chi connectivity index (χ0v) is 14.4. The predicted octanol–water partition coefficient (Wildman–Crippen LogP) is 4.48. The van der Waals surface area contributed by atoms with Crippen LogP contribution in [0.4, 0.5) is 0 Å². The van der Waals surface area contributed by atoms with E-state index >= 15 is 0 Å². The molecule has 0 aliphatic carbocycles. The highest BCUT2D eigenvalue weighted by Crippen LogP contribution is 2.39. The highest BCUT2D eigenvalue weighted by Gasteiger charge is 2.27. The fourth-order valence-corrected chi connectivity index (χ4v) is 2.69. The molecule has 0 fully saturated rings. The average Bonchev–Trinajstić information content (AvgIpc) is 2.58. The summed E-state index contributed by atoms with van der Waals surface area (Å²) in [5, 5.41) is 9.51. The molecule has 0 spiro atoms. The van der Waals surface area contributed by atoms with Crippen molar-refractivity contribution in [1.29, 1.82) is 0 Å². The van der Waals surface area contributed by atoms with Crippen LogP contribution < -0.4 is 9.47 Å². The van der Waals surface area contributed by atoms with Crippen LogP contribution in [0.5, 0.6) is 17.2 Å². The zero-order chi connectivity index (χ0) is 18.0. The van der Waals surface area contributed by atoms with Crippen LogP contribution in [-0.2, 0) is 0 Å². The number of phenolic OH excluding ortho intramolecular Hbond substituents is 1. The molecule has 128 valence electrons. The monoisotopic (exact) mass is 336 g/mol. The third-order valence-corrected chi connectivity index (χ3v) is 3.96. The Kier molecular flexibility index (Phi) is 4.36. The molecule has 1 aliphatic heterocycles. The summed E-state index contributed by atoms with van der Waals surface area (Å²) in [6.45, 7) is 3.87. The minimum Gasteiger partial charge on any atom is -0.508 e. The molecule has 0 atom stereocenters. The Morgan fingerprint density at radius 2 is 2.04 bits per heavy atom. The van der Waals surface area contributed by atoms with E-state index in [1.807, 2.05) is 32.1 Å². The molecule has 0 aromatic heterocycles. The number of fused-ring (bicyclic) bond motifs is 1. The van der Waals surface area contributed by atoms with Gasteiger partial charge < -0.3 is 14.6 Å². The quantitative estimate of drug-likeness (QED) is 0.660. The van der Waals surface area contributed by atoms with Crippen molar-refractivity contribution < 1.29 is 19.4 Å². The fraction of sp³-hybridized carbons (Fsp3) is 0.190. The molecule has 1 aliphatic rings. The average molecular weight is 336 g/mol. The molecule has 0 saturated carbocycles.